The van der Waals surface area contributed by atoms with Crippen LogP contribution in [0.25, 0.3) is 0 Å². The number of aromatic nitrogens is 2. The average molecular weight is 271 g/mol. The van der Waals surface area contributed by atoms with E-state index in [4.69, 9.17) is 15.3 Å². The Labute approximate surface area is 114 Å². The minimum absolute atomic E-state index is 1.13. The van der Waals surface area contributed by atoms with Crippen molar-refractivity contribution in [2.24, 2.45) is 0 Å². The standard InChI is InChI=1S/C13H24N2.HNO3/c1-2-3-4-5-6-7-8-9-11-15-12-10-14-13-15;2-1(3)4/h10,12-13H,2-9,11H2,1H3;(H,2,3,4). The molecule has 1 N–H and O–H groups in total. The third kappa shape index (κ3) is 14.3. The van der Waals surface area contributed by atoms with E-state index in [0.29, 0.717) is 0 Å². The number of imidazole rings is 1. The highest BCUT2D eigenvalue weighted by molar-refractivity contribution is 4.73. The van der Waals surface area contributed by atoms with Crippen LogP contribution in [-0.2, 0) is 6.54 Å². The van der Waals surface area contributed by atoms with Gasteiger partial charge in [0.05, 0.1) is 6.33 Å². The van der Waals surface area contributed by atoms with Gasteiger partial charge in [0, 0.05) is 18.9 Å². The van der Waals surface area contributed by atoms with Gasteiger partial charge in [0.25, 0.3) is 5.09 Å². The number of unbranched alkanes of at least 4 members (excludes halogenated alkanes) is 7. The molecule has 0 atom stereocenters. The Kier molecular flexibility index (Phi) is 11.8. The lowest BCUT2D eigenvalue weighted by atomic mass is 10.1. The van der Waals surface area contributed by atoms with E-state index >= 15 is 0 Å². The first kappa shape index (κ1) is 17.4. The molecule has 0 amide bonds. The summed E-state index contributed by atoms with van der Waals surface area (Å²) in [6, 6.07) is 0. The summed E-state index contributed by atoms with van der Waals surface area (Å²) in [5.74, 6) is 0. The SMILES string of the molecule is CCCCCCCCCCn1ccnc1.O=[N+]([O-])O. The summed E-state index contributed by atoms with van der Waals surface area (Å²) in [6.07, 6.45) is 16.9. The molecule has 1 aromatic rings. The highest BCUT2D eigenvalue weighted by atomic mass is 16.9. The van der Waals surface area contributed by atoms with Crippen molar-refractivity contribution in [3.63, 3.8) is 0 Å². The van der Waals surface area contributed by atoms with Crippen molar-refractivity contribution in [3.8, 4) is 0 Å². The van der Waals surface area contributed by atoms with Crippen molar-refractivity contribution >= 4 is 0 Å². The van der Waals surface area contributed by atoms with E-state index in [2.05, 4.69) is 16.5 Å². The fourth-order valence-electron chi connectivity index (χ4n) is 1.85. The first-order valence-electron chi connectivity index (χ1n) is 6.95. The second-order valence-electron chi connectivity index (χ2n) is 4.51. The van der Waals surface area contributed by atoms with Gasteiger partial charge < -0.3 is 9.77 Å². The number of aryl methyl sites for hydroxylation is 1. The number of hydrogen-bond donors (Lipinski definition) is 1. The van der Waals surface area contributed by atoms with E-state index < -0.39 is 5.09 Å². The molecule has 0 bridgehead atoms. The van der Waals surface area contributed by atoms with Crippen molar-refractivity contribution in [3.05, 3.63) is 28.8 Å². The molecule has 0 unspecified atom stereocenters. The van der Waals surface area contributed by atoms with Crippen LogP contribution in [0.1, 0.15) is 58.3 Å². The van der Waals surface area contributed by atoms with E-state index in [1.54, 1.807) is 0 Å². The van der Waals surface area contributed by atoms with Crippen LogP contribution in [0.2, 0.25) is 0 Å². The molecule has 1 heterocycles. The van der Waals surface area contributed by atoms with Gasteiger partial charge in [-0.05, 0) is 6.42 Å². The summed E-state index contributed by atoms with van der Waals surface area (Å²) in [7, 11) is 0. The van der Waals surface area contributed by atoms with Crippen LogP contribution in [0.4, 0.5) is 0 Å². The third-order valence-electron chi connectivity index (χ3n) is 2.83. The fourth-order valence-corrected chi connectivity index (χ4v) is 1.85. The van der Waals surface area contributed by atoms with Gasteiger partial charge in [-0.1, -0.05) is 51.9 Å². The lowest BCUT2D eigenvalue weighted by molar-refractivity contribution is -0.742. The molecule has 19 heavy (non-hydrogen) atoms. The van der Waals surface area contributed by atoms with Gasteiger partial charge in [0.1, 0.15) is 0 Å². The zero-order valence-corrected chi connectivity index (χ0v) is 11.7. The van der Waals surface area contributed by atoms with E-state index in [-0.39, 0.29) is 0 Å². The van der Waals surface area contributed by atoms with E-state index in [1.807, 2.05) is 18.7 Å². The molecule has 0 saturated heterocycles. The largest absolute Gasteiger partial charge is 0.337 e. The van der Waals surface area contributed by atoms with Gasteiger partial charge in [-0.3, -0.25) is 0 Å². The lowest BCUT2D eigenvalue weighted by Crippen LogP contribution is -1.93. The molecule has 0 fully saturated rings. The molecule has 0 saturated carbocycles. The molecule has 0 radical (unpaired) electrons. The van der Waals surface area contributed by atoms with Crippen LogP contribution in [0, 0.1) is 10.1 Å². The Bertz CT molecular complexity index is 298. The Morgan fingerprint density at radius 2 is 1.68 bits per heavy atom. The molecule has 0 aliphatic rings. The summed E-state index contributed by atoms with van der Waals surface area (Å²) < 4.78 is 2.16. The molecular weight excluding hydrogens is 246 g/mol. The fraction of sp³-hybridized carbons (Fsp3) is 0.769. The van der Waals surface area contributed by atoms with Crippen molar-refractivity contribution in [1.82, 2.24) is 9.55 Å². The molecule has 0 aromatic carbocycles. The number of hydrogen-bond acceptors (Lipinski definition) is 3. The minimum Gasteiger partial charge on any atom is -0.337 e. The zero-order valence-electron chi connectivity index (χ0n) is 11.7. The van der Waals surface area contributed by atoms with Gasteiger partial charge in [0.2, 0.25) is 0 Å². The highest BCUT2D eigenvalue weighted by Crippen LogP contribution is 2.08. The summed E-state index contributed by atoms with van der Waals surface area (Å²) in [6.45, 7) is 3.40. The number of rotatable bonds is 9. The summed E-state index contributed by atoms with van der Waals surface area (Å²) >= 11 is 0. The van der Waals surface area contributed by atoms with Crippen molar-refractivity contribution in [2.75, 3.05) is 0 Å². The maximum atomic E-state index is 8.36. The van der Waals surface area contributed by atoms with Crippen LogP contribution in [0.5, 0.6) is 0 Å². The Morgan fingerprint density at radius 3 is 2.16 bits per heavy atom. The molecule has 1 rings (SSSR count). The maximum absolute atomic E-state index is 8.36. The summed E-state index contributed by atoms with van der Waals surface area (Å²) in [4.78, 5) is 12.4. The molecule has 0 aliphatic carbocycles. The van der Waals surface area contributed by atoms with Crippen molar-refractivity contribution in [1.29, 1.82) is 0 Å². The van der Waals surface area contributed by atoms with Crippen molar-refractivity contribution in [2.45, 2.75) is 64.8 Å². The van der Waals surface area contributed by atoms with Gasteiger partial charge in [-0.15, -0.1) is 10.1 Å². The maximum Gasteiger partial charge on any atom is 0.291 e. The molecule has 6 heteroatoms. The van der Waals surface area contributed by atoms with E-state index in [1.165, 1.54) is 51.4 Å². The molecule has 0 spiro atoms. The molecular formula is C13H25N3O3. The van der Waals surface area contributed by atoms with Crippen molar-refractivity contribution < 1.29 is 10.3 Å². The van der Waals surface area contributed by atoms with Crippen LogP contribution in [0.15, 0.2) is 18.7 Å². The predicted octanol–water partition coefficient (Wildman–Crippen LogP) is 3.68. The first-order chi connectivity index (χ1) is 9.16. The molecule has 6 nitrogen and oxygen atoms in total. The molecule has 110 valence electrons. The second kappa shape index (κ2) is 12.9. The molecule has 0 aliphatic heterocycles. The van der Waals surface area contributed by atoms with Crippen LogP contribution >= 0.6 is 0 Å². The topological polar surface area (TPSA) is 81.2 Å². The highest BCUT2D eigenvalue weighted by Gasteiger charge is 1.92. The van der Waals surface area contributed by atoms with Gasteiger partial charge in [0.15, 0.2) is 0 Å². The smallest absolute Gasteiger partial charge is 0.291 e. The normalized spacial score (nSPS) is 9.74. The first-order valence-corrected chi connectivity index (χ1v) is 6.95. The van der Waals surface area contributed by atoms with Gasteiger partial charge >= 0.3 is 0 Å². The Hall–Kier alpha value is -1.59. The zero-order chi connectivity index (χ0) is 14.3. The van der Waals surface area contributed by atoms with E-state index in [0.717, 1.165) is 6.54 Å². The Balaban J connectivity index is 0.000000711. The quantitative estimate of drug-likeness (QED) is 0.422. The Morgan fingerprint density at radius 1 is 1.16 bits per heavy atom. The summed E-state index contributed by atoms with van der Waals surface area (Å²) in [5, 5.41) is 13.6. The monoisotopic (exact) mass is 271 g/mol. The van der Waals surface area contributed by atoms with Crippen LogP contribution in [-0.4, -0.2) is 19.8 Å². The minimum atomic E-state index is -1.50. The molecule has 1 aromatic heterocycles. The van der Waals surface area contributed by atoms with Crippen LogP contribution < -0.4 is 0 Å². The third-order valence-corrected chi connectivity index (χ3v) is 2.83. The number of nitrogens with zero attached hydrogens (tertiary/aromatic N) is 3. The average Bonchev–Trinajstić information content (AvgIpc) is 2.85. The van der Waals surface area contributed by atoms with Gasteiger partial charge in [-0.2, -0.15) is 0 Å². The van der Waals surface area contributed by atoms with E-state index in [9.17, 15) is 0 Å². The lowest BCUT2D eigenvalue weighted by Gasteiger charge is -2.02. The predicted molar refractivity (Wildman–Crippen MR) is 73.6 cm³/mol. The van der Waals surface area contributed by atoms with Gasteiger partial charge in [-0.25, -0.2) is 4.98 Å². The summed E-state index contributed by atoms with van der Waals surface area (Å²) in [5.41, 5.74) is 0. The van der Waals surface area contributed by atoms with Crippen LogP contribution in [0.3, 0.4) is 0 Å². The second-order valence-corrected chi connectivity index (χ2v) is 4.51.